The number of ether oxygens (including phenoxy) is 1. The van der Waals surface area contributed by atoms with Crippen molar-refractivity contribution >= 4 is 0 Å². The van der Waals surface area contributed by atoms with E-state index in [2.05, 4.69) is 117 Å². The van der Waals surface area contributed by atoms with Crippen LogP contribution in [0.5, 0.6) is 11.5 Å². The van der Waals surface area contributed by atoms with E-state index in [0.717, 1.165) is 55.8 Å². The summed E-state index contributed by atoms with van der Waals surface area (Å²) >= 11 is 0. The molecular weight excluding hydrogens is 661 g/mol. The topological polar surface area (TPSA) is 71.7 Å². The summed E-state index contributed by atoms with van der Waals surface area (Å²) in [5.74, 6) is 3.13. The summed E-state index contributed by atoms with van der Waals surface area (Å²) in [6.07, 6.45) is 0. The van der Waals surface area contributed by atoms with E-state index in [0.29, 0.717) is 28.8 Å². The molecule has 256 valence electrons. The molecular formula is C49H34N4O. The molecule has 0 aliphatic carbocycles. The van der Waals surface area contributed by atoms with Gasteiger partial charge in [-0.15, -0.1) is 0 Å². The molecule has 0 N–H and O–H groups in total. The molecule has 0 bridgehead atoms. The lowest BCUT2D eigenvalue weighted by atomic mass is 9.74. The fraction of sp³-hybridized carbons (Fsp3) is 0.0612. The van der Waals surface area contributed by atoms with Crippen LogP contribution in [-0.4, -0.2) is 15.0 Å². The van der Waals surface area contributed by atoms with Crippen LogP contribution in [0.25, 0.3) is 67.5 Å². The van der Waals surface area contributed by atoms with Gasteiger partial charge in [0.1, 0.15) is 11.5 Å². The van der Waals surface area contributed by atoms with E-state index < -0.39 is 5.41 Å². The summed E-state index contributed by atoms with van der Waals surface area (Å²) < 4.78 is 6.45. The molecule has 1 aliphatic heterocycles. The number of hydrogen-bond donors (Lipinski definition) is 0. The van der Waals surface area contributed by atoms with Crippen LogP contribution in [0, 0.1) is 11.3 Å². The van der Waals surface area contributed by atoms with E-state index in [-0.39, 0.29) is 0 Å². The van der Waals surface area contributed by atoms with Crippen LogP contribution in [0.15, 0.2) is 170 Å². The molecule has 0 spiro atoms. The minimum Gasteiger partial charge on any atom is -0.457 e. The van der Waals surface area contributed by atoms with Gasteiger partial charge in [-0.2, -0.15) is 5.26 Å². The summed E-state index contributed by atoms with van der Waals surface area (Å²) in [5.41, 5.74) is 11.6. The second kappa shape index (κ2) is 13.4. The van der Waals surface area contributed by atoms with Gasteiger partial charge < -0.3 is 4.74 Å². The molecule has 8 aromatic rings. The maximum absolute atomic E-state index is 9.86. The number of benzene rings is 7. The molecule has 0 fully saturated rings. The van der Waals surface area contributed by atoms with Crippen LogP contribution < -0.4 is 4.74 Å². The molecule has 7 aromatic carbocycles. The van der Waals surface area contributed by atoms with Crippen molar-refractivity contribution in [3.63, 3.8) is 0 Å². The number of fused-ring (bicyclic) bond motifs is 2. The second-order valence-electron chi connectivity index (χ2n) is 14.0. The maximum Gasteiger partial charge on any atom is 0.164 e. The third-order valence-corrected chi connectivity index (χ3v) is 10.2. The molecule has 0 radical (unpaired) electrons. The van der Waals surface area contributed by atoms with Crippen molar-refractivity contribution in [2.24, 2.45) is 0 Å². The lowest BCUT2D eigenvalue weighted by molar-refractivity contribution is 0.417. The quantitative estimate of drug-likeness (QED) is 0.173. The zero-order chi connectivity index (χ0) is 36.6. The lowest BCUT2D eigenvalue weighted by Gasteiger charge is -2.35. The van der Waals surface area contributed by atoms with Crippen molar-refractivity contribution < 1.29 is 4.74 Å². The average Bonchev–Trinajstić information content (AvgIpc) is 3.24. The van der Waals surface area contributed by atoms with Gasteiger partial charge in [0, 0.05) is 33.2 Å². The Kier molecular flexibility index (Phi) is 8.14. The highest BCUT2D eigenvalue weighted by Gasteiger charge is 2.36. The van der Waals surface area contributed by atoms with E-state index >= 15 is 0 Å². The van der Waals surface area contributed by atoms with Crippen molar-refractivity contribution in [3.05, 3.63) is 187 Å². The Morgan fingerprint density at radius 2 is 0.870 bits per heavy atom. The summed E-state index contributed by atoms with van der Waals surface area (Å²) in [5, 5.41) is 9.86. The van der Waals surface area contributed by atoms with Crippen LogP contribution in [0.1, 0.15) is 30.5 Å². The monoisotopic (exact) mass is 694 g/mol. The maximum atomic E-state index is 9.86. The van der Waals surface area contributed by atoms with Crippen molar-refractivity contribution in [2.75, 3.05) is 0 Å². The Morgan fingerprint density at radius 3 is 1.41 bits per heavy atom. The summed E-state index contributed by atoms with van der Waals surface area (Å²) in [6, 6.07) is 60.3. The fourth-order valence-corrected chi connectivity index (χ4v) is 7.42. The van der Waals surface area contributed by atoms with E-state index in [9.17, 15) is 5.26 Å². The van der Waals surface area contributed by atoms with Crippen LogP contribution >= 0.6 is 0 Å². The highest BCUT2D eigenvalue weighted by Crippen LogP contribution is 2.50. The van der Waals surface area contributed by atoms with Gasteiger partial charge in [-0.3, -0.25) is 0 Å². The number of rotatable bonds is 6. The third kappa shape index (κ3) is 6.00. The molecule has 0 saturated heterocycles. The molecule has 0 amide bonds. The zero-order valence-electron chi connectivity index (χ0n) is 29.9. The van der Waals surface area contributed by atoms with Crippen LogP contribution in [-0.2, 0) is 5.41 Å². The highest BCUT2D eigenvalue weighted by atomic mass is 16.5. The Hall–Kier alpha value is -7.16. The van der Waals surface area contributed by atoms with Gasteiger partial charge in [-0.05, 0) is 69.8 Å². The first-order valence-corrected chi connectivity index (χ1v) is 18.0. The minimum atomic E-state index is -0.433. The Bertz CT molecular complexity index is 2640. The summed E-state index contributed by atoms with van der Waals surface area (Å²) in [7, 11) is 0. The molecule has 0 saturated carbocycles. The standard InChI is InChI=1S/C49H34N4O/c1-49(2)42-26-25-37(30-44(42)54-43-20-12-19-38(31-50)45(43)49)48-52-46(35-17-10-5-11-18-35)51-47(53-48)36-23-21-34(22-24-36)41-28-39(32-13-6-3-7-14-32)27-40(29-41)33-15-8-4-9-16-33/h3-30H,1-2H3. The summed E-state index contributed by atoms with van der Waals surface area (Å²) in [4.78, 5) is 15.0. The molecule has 0 unspecified atom stereocenters. The van der Waals surface area contributed by atoms with E-state index in [4.69, 9.17) is 19.7 Å². The average molecular weight is 695 g/mol. The lowest BCUT2D eigenvalue weighted by Crippen LogP contribution is -2.25. The van der Waals surface area contributed by atoms with Crippen LogP contribution in [0.4, 0.5) is 0 Å². The van der Waals surface area contributed by atoms with Gasteiger partial charge >= 0.3 is 0 Å². The number of hydrogen-bond acceptors (Lipinski definition) is 5. The Balaban J connectivity index is 1.12. The second-order valence-corrected chi connectivity index (χ2v) is 14.0. The first-order chi connectivity index (χ1) is 26.4. The van der Waals surface area contributed by atoms with Gasteiger partial charge in [-0.1, -0.05) is 147 Å². The molecule has 1 aromatic heterocycles. The predicted octanol–water partition coefficient (Wildman–Crippen LogP) is 12.2. The van der Waals surface area contributed by atoms with Gasteiger partial charge in [0.05, 0.1) is 11.6 Å². The first-order valence-electron chi connectivity index (χ1n) is 18.0. The number of nitrogens with zero attached hydrogens (tertiary/aromatic N) is 4. The molecule has 5 heteroatoms. The van der Waals surface area contributed by atoms with Crippen molar-refractivity contribution in [3.8, 4) is 85.1 Å². The van der Waals surface area contributed by atoms with Gasteiger partial charge in [0.2, 0.25) is 0 Å². The van der Waals surface area contributed by atoms with Gasteiger partial charge in [0.25, 0.3) is 0 Å². The third-order valence-electron chi connectivity index (χ3n) is 10.2. The van der Waals surface area contributed by atoms with Crippen LogP contribution in [0.3, 0.4) is 0 Å². The van der Waals surface area contributed by atoms with E-state index in [1.165, 1.54) is 11.1 Å². The molecule has 54 heavy (non-hydrogen) atoms. The minimum absolute atomic E-state index is 0.433. The van der Waals surface area contributed by atoms with Gasteiger partial charge in [-0.25, -0.2) is 15.0 Å². The van der Waals surface area contributed by atoms with Crippen molar-refractivity contribution in [1.82, 2.24) is 15.0 Å². The fourth-order valence-electron chi connectivity index (χ4n) is 7.42. The number of aromatic nitrogens is 3. The van der Waals surface area contributed by atoms with Gasteiger partial charge in [0.15, 0.2) is 17.5 Å². The zero-order valence-corrected chi connectivity index (χ0v) is 29.9. The van der Waals surface area contributed by atoms with E-state index in [1.807, 2.05) is 72.8 Å². The Labute approximate surface area is 314 Å². The number of nitriles is 1. The SMILES string of the molecule is CC1(C)c2ccc(-c3nc(-c4ccccc4)nc(-c4ccc(-c5cc(-c6ccccc6)cc(-c6ccccc6)c5)cc4)n3)cc2Oc2cccc(C#N)c21. The van der Waals surface area contributed by atoms with Crippen LogP contribution in [0.2, 0.25) is 0 Å². The van der Waals surface area contributed by atoms with Crippen molar-refractivity contribution in [1.29, 1.82) is 5.26 Å². The molecule has 0 atom stereocenters. The Morgan fingerprint density at radius 1 is 0.426 bits per heavy atom. The highest BCUT2D eigenvalue weighted by molar-refractivity contribution is 5.82. The first kappa shape index (κ1) is 32.7. The normalized spacial score (nSPS) is 12.5. The molecule has 9 rings (SSSR count). The largest absolute Gasteiger partial charge is 0.457 e. The molecule has 5 nitrogen and oxygen atoms in total. The summed E-state index contributed by atoms with van der Waals surface area (Å²) in [6.45, 7) is 4.26. The molecule has 2 heterocycles. The molecule has 1 aliphatic rings. The van der Waals surface area contributed by atoms with Crippen molar-refractivity contribution in [2.45, 2.75) is 19.3 Å². The van der Waals surface area contributed by atoms with E-state index in [1.54, 1.807) is 0 Å². The predicted molar refractivity (Wildman–Crippen MR) is 216 cm³/mol. The smallest absolute Gasteiger partial charge is 0.164 e.